The summed E-state index contributed by atoms with van der Waals surface area (Å²) in [4.78, 5) is 2.11. The molecule has 92 valence electrons. The highest BCUT2D eigenvalue weighted by Crippen LogP contribution is 2.44. The molecule has 0 atom stereocenters. The summed E-state index contributed by atoms with van der Waals surface area (Å²) < 4.78 is 13.2. The first kappa shape index (κ1) is 11.5. The number of rotatable bonds is 3. The molecule has 3 rings (SSSR count). The molecule has 1 saturated carbocycles. The predicted molar refractivity (Wildman–Crippen MR) is 64.4 cm³/mol. The van der Waals surface area contributed by atoms with Crippen LogP contribution in [0.2, 0.25) is 5.02 Å². The van der Waals surface area contributed by atoms with Gasteiger partial charge in [0.25, 0.3) is 0 Å². The molecule has 0 aromatic heterocycles. The second-order valence-corrected chi connectivity index (χ2v) is 5.61. The average molecular weight is 256 g/mol. The average Bonchev–Trinajstić information content (AvgIpc) is 3.06. The Balaban J connectivity index is 1.63. The van der Waals surface area contributed by atoms with E-state index in [1.807, 2.05) is 6.07 Å². The van der Waals surface area contributed by atoms with Gasteiger partial charge in [-0.2, -0.15) is 0 Å². The number of β-amino-alcohol motifs (C(OH)–C–C–N with tert-alkyl or cyclic N) is 1. The molecule has 4 heteroatoms. The number of halogens is 2. The van der Waals surface area contributed by atoms with E-state index in [1.54, 1.807) is 6.07 Å². The Kier molecular flexibility index (Phi) is 2.65. The molecule has 0 bridgehead atoms. The molecule has 1 aliphatic carbocycles. The van der Waals surface area contributed by atoms with E-state index in [-0.39, 0.29) is 10.8 Å². The van der Waals surface area contributed by atoms with Gasteiger partial charge >= 0.3 is 0 Å². The number of nitrogens with zero attached hydrogens (tertiary/aromatic N) is 1. The SMILES string of the molecule is OC1(C2CC2)CN(Cc2cccc(F)c2Cl)C1. The zero-order valence-corrected chi connectivity index (χ0v) is 10.3. The Morgan fingerprint density at radius 3 is 2.76 bits per heavy atom. The Hall–Kier alpha value is -0.640. The van der Waals surface area contributed by atoms with Gasteiger partial charge in [-0.1, -0.05) is 23.7 Å². The van der Waals surface area contributed by atoms with Gasteiger partial charge in [-0.25, -0.2) is 4.39 Å². The van der Waals surface area contributed by atoms with E-state index in [4.69, 9.17) is 11.6 Å². The zero-order valence-electron chi connectivity index (χ0n) is 9.50. The van der Waals surface area contributed by atoms with Crippen LogP contribution in [0, 0.1) is 11.7 Å². The van der Waals surface area contributed by atoms with Gasteiger partial charge < -0.3 is 5.11 Å². The van der Waals surface area contributed by atoms with E-state index >= 15 is 0 Å². The Bertz CT molecular complexity index is 441. The van der Waals surface area contributed by atoms with Crippen molar-refractivity contribution in [1.29, 1.82) is 0 Å². The smallest absolute Gasteiger partial charge is 0.142 e. The molecule has 0 radical (unpaired) electrons. The largest absolute Gasteiger partial charge is 0.387 e. The molecule has 17 heavy (non-hydrogen) atoms. The molecule has 1 aliphatic heterocycles. The van der Waals surface area contributed by atoms with Crippen LogP contribution in [0.25, 0.3) is 0 Å². The predicted octanol–water partition coefficient (Wildman–Crippen LogP) is 2.44. The van der Waals surface area contributed by atoms with Crippen LogP contribution < -0.4 is 0 Å². The van der Waals surface area contributed by atoms with E-state index < -0.39 is 5.60 Å². The molecule has 0 spiro atoms. The second-order valence-electron chi connectivity index (χ2n) is 5.24. The van der Waals surface area contributed by atoms with E-state index in [1.165, 1.54) is 6.07 Å². The summed E-state index contributed by atoms with van der Waals surface area (Å²) in [6, 6.07) is 4.87. The minimum Gasteiger partial charge on any atom is -0.387 e. The molecule has 1 aromatic carbocycles. The molecular formula is C13H15ClFNO. The third-order valence-corrected chi connectivity index (χ3v) is 4.18. The van der Waals surface area contributed by atoms with Crippen molar-refractivity contribution in [2.24, 2.45) is 5.92 Å². The molecular weight excluding hydrogens is 241 g/mol. The number of aliphatic hydroxyl groups is 1. The number of likely N-dealkylation sites (tertiary alicyclic amines) is 1. The summed E-state index contributed by atoms with van der Waals surface area (Å²) in [6.07, 6.45) is 2.29. The quantitative estimate of drug-likeness (QED) is 0.897. The van der Waals surface area contributed by atoms with Crippen molar-refractivity contribution in [2.45, 2.75) is 25.0 Å². The lowest BCUT2D eigenvalue weighted by molar-refractivity contribution is -0.116. The van der Waals surface area contributed by atoms with Crippen LogP contribution in [-0.4, -0.2) is 28.7 Å². The van der Waals surface area contributed by atoms with Crippen molar-refractivity contribution in [3.63, 3.8) is 0 Å². The van der Waals surface area contributed by atoms with Crippen molar-refractivity contribution < 1.29 is 9.50 Å². The van der Waals surface area contributed by atoms with Crippen LogP contribution in [-0.2, 0) is 6.54 Å². The van der Waals surface area contributed by atoms with Crippen LogP contribution in [0.3, 0.4) is 0 Å². The Labute approximate surface area is 105 Å². The molecule has 1 aromatic rings. The zero-order chi connectivity index (χ0) is 12.0. The van der Waals surface area contributed by atoms with Crippen LogP contribution in [0.1, 0.15) is 18.4 Å². The van der Waals surface area contributed by atoms with Crippen molar-refractivity contribution in [3.05, 3.63) is 34.6 Å². The maximum absolute atomic E-state index is 13.2. The minimum absolute atomic E-state index is 0.203. The maximum Gasteiger partial charge on any atom is 0.142 e. The first-order valence-corrected chi connectivity index (χ1v) is 6.34. The molecule has 0 unspecified atom stereocenters. The number of hydrogen-bond acceptors (Lipinski definition) is 2. The normalized spacial score (nSPS) is 23.5. The van der Waals surface area contributed by atoms with Crippen LogP contribution in [0.4, 0.5) is 4.39 Å². The fraction of sp³-hybridized carbons (Fsp3) is 0.538. The second kappa shape index (κ2) is 3.94. The Morgan fingerprint density at radius 1 is 1.41 bits per heavy atom. The van der Waals surface area contributed by atoms with E-state index in [2.05, 4.69) is 4.90 Å². The molecule has 1 heterocycles. The monoisotopic (exact) mass is 255 g/mol. The summed E-state index contributed by atoms with van der Waals surface area (Å²) in [7, 11) is 0. The van der Waals surface area contributed by atoms with Crippen LogP contribution in [0.15, 0.2) is 18.2 Å². The number of benzene rings is 1. The van der Waals surface area contributed by atoms with E-state index in [9.17, 15) is 9.50 Å². The topological polar surface area (TPSA) is 23.5 Å². The van der Waals surface area contributed by atoms with Crippen molar-refractivity contribution in [1.82, 2.24) is 4.90 Å². The maximum atomic E-state index is 13.2. The third kappa shape index (κ3) is 2.07. The lowest BCUT2D eigenvalue weighted by atomic mass is 9.88. The number of hydrogen-bond donors (Lipinski definition) is 1. The van der Waals surface area contributed by atoms with Gasteiger partial charge in [0.2, 0.25) is 0 Å². The van der Waals surface area contributed by atoms with Crippen LogP contribution >= 0.6 is 11.6 Å². The highest BCUT2D eigenvalue weighted by atomic mass is 35.5. The molecule has 1 saturated heterocycles. The summed E-state index contributed by atoms with van der Waals surface area (Å²) in [5.74, 6) is 0.115. The van der Waals surface area contributed by atoms with Gasteiger partial charge in [0.15, 0.2) is 0 Å². The standard InChI is InChI=1S/C13H15ClFNO/c14-12-9(2-1-3-11(12)15)6-16-7-13(17,8-16)10-4-5-10/h1-3,10,17H,4-8H2. The summed E-state index contributed by atoms with van der Waals surface area (Å²) >= 11 is 5.90. The van der Waals surface area contributed by atoms with Gasteiger partial charge in [0.05, 0.1) is 10.6 Å². The molecule has 0 amide bonds. The van der Waals surface area contributed by atoms with Crippen molar-refractivity contribution in [2.75, 3.05) is 13.1 Å². The van der Waals surface area contributed by atoms with Crippen molar-refractivity contribution >= 4 is 11.6 Å². The summed E-state index contributed by atoms with van der Waals surface area (Å²) in [5, 5.41) is 10.4. The molecule has 2 aliphatic rings. The van der Waals surface area contributed by atoms with Gasteiger partial charge in [-0.3, -0.25) is 4.90 Å². The molecule has 2 fully saturated rings. The fourth-order valence-corrected chi connectivity index (χ4v) is 2.82. The van der Waals surface area contributed by atoms with E-state index in [0.29, 0.717) is 25.6 Å². The van der Waals surface area contributed by atoms with Crippen molar-refractivity contribution in [3.8, 4) is 0 Å². The lowest BCUT2D eigenvalue weighted by Crippen LogP contribution is -2.62. The first-order chi connectivity index (χ1) is 8.08. The summed E-state index contributed by atoms with van der Waals surface area (Å²) in [6.45, 7) is 1.99. The van der Waals surface area contributed by atoms with E-state index in [0.717, 1.165) is 18.4 Å². The fourth-order valence-electron chi connectivity index (χ4n) is 2.63. The van der Waals surface area contributed by atoms with Gasteiger partial charge in [0.1, 0.15) is 5.82 Å². The molecule has 1 N–H and O–H groups in total. The van der Waals surface area contributed by atoms with Gasteiger partial charge in [-0.05, 0) is 30.4 Å². The minimum atomic E-state index is -0.486. The first-order valence-electron chi connectivity index (χ1n) is 5.96. The highest BCUT2D eigenvalue weighted by Gasteiger charge is 2.51. The van der Waals surface area contributed by atoms with Crippen LogP contribution in [0.5, 0.6) is 0 Å². The van der Waals surface area contributed by atoms with Gasteiger partial charge in [0, 0.05) is 19.6 Å². The lowest BCUT2D eigenvalue weighted by Gasteiger charge is -2.47. The Morgan fingerprint density at radius 2 is 2.12 bits per heavy atom. The molecule has 2 nitrogen and oxygen atoms in total. The third-order valence-electron chi connectivity index (χ3n) is 3.76. The van der Waals surface area contributed by atoms with Gasteiger partial charge in [-0.15, -0.1) is 0 Å². The summed E-state index contributed by atoms with van der Waals surface area (Å²) in [5.41, 5.74) is 0.310. The highest BCUT2D eigenvalue weighted by molar-refractivity contribution is 6.31.